The zero-order chi connectivity index (χ0) is 12.3. The number of benzene rings is 1. The molecule has 1 aromatic rings. The molecule has 0 aliphatic heterocycles. The molecule has 0 aromatic heterocycles. The van der Waals surface area contributed by atoms with Crippen molar-refractivity contribution in [3.8, 4) is 5.75 Å². The average Bonchev–Trinajstić information content (AvgIpc) is 2.34. The average molecular weight is 237 g/mol. The van der Waals surface area contributed by atoms with Crippen LogP contribution in [0.3, 0.4) is 0 Å². The van der Waals surface area contributed by atoms with Gasteiger partial charge in [-0.2, -0.15) is 0 Å². The Bertz CT molecular complexity index is 372. The van der Waals surface area contributed by atoms with Gasteiger partial charge in [-0.05, 0) is 43.7 Å². The van der Waals surface area contributed by atoms with E-state index in [4.69, 9.17) is 4.74 Å². The fourth-order valence-electron chi connectivity index (χ4n) is 2.39. The highest BCUT2D eigenvalue weighted by Gasteiger charge is 2.18. The van der Waals surface area contributed by atoms with Crippen LogP contribution in [0.15, 0.2) is 18.2 Å². The van der Waals surface area contributed by atoms with E-state index in [1.165, 1.54) is 38.9 Å². The molecular weight excluding hydrogens is 217 g/mol. The Morgan fingerprint density at radius 1 is 1.24 bits per heavy atom. The molecule has 1 aromatic carbocycles. The third-order valence-electron chi connectivity index (χ3n) is 3.54. The monoisotopic (exact) mass is 237 g/mol. The van der Waals surface area contributed by atoms with E-state index in [0.717, 1.165) is 11.6 Å². The van der Waals surface area contributed by atoms with Crippen LogP contribution >= 0.6 is 0 Å². The van der Waals surface area contributed by atoms with Crippen molar-refractivity contribution in [3.05, 3.63) is 24.0 Å². The summed E-state index contributed by atoms with van der Waals surface area (Å²) >= 11 is 0. The lowest BCUT2D eigenvalue weighted by atomic mass is 9.87. The zero-order valence-corrected chi connectivity index (χ0v) is 10.5. The first-order chi connectivity index (χ1) is 8.19. The van der Waals surface area contributed by atoms with E-state index >= 15 is 0 Å². The Morgan fingerprint density at radius 2 is 1.94 bits per heavy atom. The van der Waals surface area contributed by atoms with Gasteiger partial charge in [0.1, 0.15) is 0 Å². The molecule has 0 radical (unpaired) electrons. The van der Waals surface area contributed by atoms with Crippen molar-refractivity contribution in [3.63, 3.8) is 0 Å². The normalized spacial score (nSPS) is 24.4. The summed E-state index contributed by atoms with van der Waals surface area (Å²) in [6.07, 6.45) is 4.94. The van der Waals surface area contributed by atoms with Crippen LogP contribution in [0.4, 0.5) is 10.1 Å². The number of nitrogens with one attached hydrogen (secondary N) is 1. The topological polar surface area (TPSA) is 21.3 Å². The first kappa shape index (κ1) is 12.2. The molecule has 0 heterocycles. The minimum atomic E-state index is -0.310. The molecule has 1 fully saturated rings. The second-order valence-electron chi connectivity index (χ2n) is 4.95. The van der Waals surface area contributed by atoms with Crippen molar-refractivity contribution in [2.24, 2.45) is 5.92 Å². The first-order valence-electron chi connectivity index (χ1n) is 6.29. The number of methoxy groups -OCH3 is 1. The van der Waals surface area contributed by atoms with E-state index in [2.05, 4.69) is 12.2 Å². The summed E-state index contributed by atoms with van der Waals surface area (Å²) in [5.74, 6) is 0.838. The van der Waals surface area contributed by atoms with Gasteiger partial charge in [0, 0.05) is 17.8 Å². The van der Waals surface area contributed by atoms with E-state index in [-0.39, 0.29) is 5.82 Å². The van der Waals surface area contributed by atoms with Crippen LogP contribution in [0, 0.1) is 11.7 Å². The summed E-state index contributed by atoms with van der Waals surface area (Å²) in [4.78, 5) is 0. The molecule has 0 atom stereocenters. The Kier molecular flexibility index (Phi) is 3.87. The van der Waals surface area contributed by atoms with E-state index in [9.17, 15) is 4.39 Å². The standard InChI is InChI=1S/C14H20FNO/c1-10-3-5-11(6-4-10)16-12-7-8-13(15)14(9-12)17-2/h7-11,16H,3-6H2,1-2H3. The number of anilines is 1. The number of rotatable bonds is 3. The molecule has 1 aliphatic carbocycles. The molecule has 0 amide bonds. The molecule has 0 saturated heterocycles. The van der Waals surface area contributed by atoms with Crippen molar-refractivity contribution in [1.29, 1.82) is 0 Å². The largest absolute Gasteiger partial charge is 0.494 e. The van der Waals surface area contributed by atoms with Crippen LogP contribution < -0.4 is 10.1 Å². The van der Waals surface area contributed by atoms with Crippen molar-refractivity contribution in [1.82, 2.24) is 0 Å². The van der Waals surface area contributed by atoms with E-state index in [1.54, 1.807) is 12.1 Å². The molecule has 0 spiro atoms. The molecule has 0 unspecified atom stereocenters. The lowest BCUT2D eigenvalue weighted by Crippen LogP contribution is -2.25. The van der Waals surface area contributed by atoms with Gasteiger partial charge in [0.2, 0.25) is 0 Å². The maximum atomic E-state index is 13.2. The summed E-state index contributed by atoms with van der Waals surface area (Å²) < 4.78 is 18.2. The van der Waals surface area contributed by atoms with Crippen molar-refractivity contribution >= 4 is 5.69 Å². The zero-order valence-electron chi connectivity index (χ0n) is 10.5. The van der Waals surface area contributed by atoms with Crippen molar-refractivity contribution in [2.45, 2.75) is 38.6 Å². The lowest BCUT2D eigenvalue weighted by Gasteiger charge is -2.27. The van der Waals surface area contributed by atoms with E-state index in [0.29, 0.717) is 11.8 Å². The van der Waals surface area contributed by atoms with Crippen LogP contribution in [0.25, 0.3) is 0 Å². The molecule has 17 heavy (non-hydrogen) atoms. The Hall–Kier alpha value is -1.25. The predicted octanol–water partition coefficient (Wildman–Crippen LogP) is 3.82. The van der Waals surface area contributed by atoms with Crippen molar-refractivity contribution in [2.75, 3.05) is 12.4 Å². The predicted molar refractivity (Wildman–Crippen MR) is 68.0 cm³/mol. The van der Waals surface area contributed by atoms with Crippen LogP contribution in [0.2, 0.25) is 0 Å². The summed E-state index contributed by atoms with van der Waals surface area (Å²) in [5.41, 5.74) is 0.947. The number of ether oxygens (including phenoxy) is 1. The SMILES string of the molecule is COc1cc(NC2CCC(C)CC2)ccc1F. The van der Waals surface area contributed by atoms with Gasteiger partial charge in [0.05, 0.1) is 7.11 Å². The third kappa shape index (κ3) is 3.11. The van der Waals surface area contributed by atoms with E-state index in [1.807, 2.05) is 0 Å². The van der Waals surface area contributed by atoms with Gasteiger partial charge in [-0.1, -0.05) is 6.92 Å². The van der Waals surface area contributed by atoms with Gasteiger partial charge < -0.3 is 10.1 Å². The highest BCUT2D eigenvalue weighted by Crippen LogP contribution is 2.28. The molecule has 94 valence electrons. The van der Waals surface area contributed by atoms with Gasteiger partial charge in [-0.15, -0.1) is 0 Å². The summed E-state index contributed by atoms with van der Waals surface area (Å²) in [6, 6.07) is 5.47. The summed E-state index contributed by atoms with van der Waals surface area (Å²) in [6.45, 7) is 2.30. The van der Waals surface area contributed by atoms with Gasteiger partial charge in [0.15, 0.2) is 11.6 Å². The molecular formula is C14H20FNO. The summed E-state index contributed by atoms with van der Waals surface area (Å²) in [7, 11) is 1.49. The second-order valence-corrected chi connectivity index (χ2v) is 4.95. The molecule has 3 heteroatoms. The molecule has 1 N–H and O–H groups in total. The number of hydrogen-bond donors (Lipinski definition) is 1. The summed E-state index contributed by atoms with van der Waals surface area (Å²) in [5, 5.41) is 3.46. The minimum absolute atomic E-state index is 0.305. The Balaban J connectivity index is 1.99. The maximum absolute atomic E-state index is 13.2. The van der Waals surface area contributed by atoms with E-state index < -0.39 is 0 Å². The molecule has 1 aliphatic rings. The van der Waals surface area contributed by atoms with Gasteiger partial charge in [-0.25, -0.2) is 4.39 Å². The van der Waals surface area contributed by atoms with Gasteiger partial charge in [0.25, 0.3) is 0 Å². The molecule has 2 rings (SSSR count). The number of hydrogen-bond acceptors (Lipinski definition) is 2. The fourth-order valence-corrected chi connectivity index (χ4v) is 2.39. The second kappa shape index (κ2) is 5.39. The highest BCUT2D eigenvalue weighted by molar-refractivity contribution is 5.49. The minimum Gasteiger partial charge on any atom is -0.494 e. The first-order valence-corrected chi connectivity index (χ1v) is 6.29. The Morgan fingerprint density at radius 3 is 2.59 bits per heavy atom. The lowest BCUT2D eigenvalue weighted by molar-refractivity contribution is 0.360. The van der Waals surface area contributed by atoms with Gasteiger partial charge >= 0.3 is 0 Å². The molecule has 1 saturated carbocycles. The maximum Gasteiger partial charge on any atom is 0.165 e. The van der Waals surface area contributed by atoms with Crippen LogP contribution in [-0.4, -0.2) is 13.2 Å². The fraction of sp³-hybridized carbons (Fsp3) is 0.571. The highest BCUT2D eigenvalue weighted by atomic mass is 19.1. The van der Waals surface area contributed by atoms with Gasteiger partial charge in [-0.3, -0.25) is 0 Å². The third-order valence-corrected chi connectivity index (χ3v) is 3.54. The smallest absolute Gasteiger partial charge is 0.165 e. The van der Waals surface area contributed by atoms with Crippen LogP contribution in [0.5, 0.6) is 5.75 Å². The van der Waals surface area contributed by atoms with Crippen molar-refractivity contribution < 1.29 is 9.13 Å². The molecule has 2 nitrogen and oxygen atoms in total. The number of halogens is 1. The molecule has 0 bridgehead atoms. The van der Waals surface area contributed by atoms with Crippen LogP contribution in [0.1, 0.15) is 32.6 Å². The van der Waals surface area contributed by atoms with Crippen LogP contribution in [-0.2, 0) is 0 Å². The quantitative estimate of drug-likeness (QED) is 0.862. The Labute approximate surface area is 102 Å².